The molecule has 4 aliphatic heterocycles. The molecule has 102 heavy (non-hydrogen) atoms. The summed E-state index contributed by atoms with van der Waals surface area (Å²) in [5, 5.41) is 7.48. The van der Waals surface area contributed by atoms with Crippen LogP contribution in [0.25, 0.3) is 0 Å². The second kappa shape index (κ2) is 35.2. The number of halogens is 4. The summed E-state index contributed by atoms with van der Waals surface area (Å²) in [6, 6.07) is -11.4. The van der Waals surface area contributed by atoms with Crippen LogP contribution in [0.4, 0.5) is 13.2 Å². The van der Waals surface area contributed by atoms with Crippen molar-refractivity contribution in [3.8, 4) is 0 Å². The number of sulfone groups is 1. The van der Waals surface area contributed by atoms with Crippen LogP contribution in [0, 0.1) is 35.5 Å². The minimum atomic E-state index is -4.52. The molecule has 3 aliphatic carbocycles. The highest BCUT2D eigenvalue weighted by molar-refractivity contribution is 7.91. The molecule has 0 aromatic carbocycles. The number of carbonyl (C=O) groups is 12. The SMILES string of the molecule is CC[C@H](C)[C@@H]1NC(=O)[C@H](CC(C)C)N(C)C(=O)C[C@@H](C(=O)N2CCS(=O)(=O)CC2)N(C)C(=O)[C@H](C(C)C)N(C)C(=O)C2(CCCC2)NC(=O)[C@@H]2CCCN2C(=O)[C@H](CCC2CCC(C(F)(F)F)C(Cl)C2)NC(=O)CN(C)C(=O)[C@H](CC2CCCCC2)N(C)C(=O)[C@@H]2CCN2C(=O)[C@H](C)N(C)C1=O. The molecular formula is C71H114ClF3N12O14S. The topological polar surface area (TPSA) is 304 Å². The maximum atomic E-state index is 15.5. The van der Waals surface area contributed by atoms with E-state index in [2.05, 4.69) is 16.0 Å². The van der Waals surface area contributed by atoms with Crippen LogP contribution in [0.2, 0.25) is 0 Å². The van der Waals surface area contributed by atoms with Gasteiger partial charge in [0.2, 0.25) is 70.9 Å². The first-order valence-corrected chi connectivity index (χ1v) is 39.3. The van der Waals surface area contributed by atoms with E-state index in [-0.39, 0.29) is 126 Å². The third kappa shape index (κ3) is 19.6. The molecule has 4 heterocycles. The smallest absolute Gasteiger partial charge is 0.343 e. The zero-order valence-corrected chi connectivity index (χ0v) is 63.8. The van der Waals surface area contributed by atoms with Crippen molar-refractivity contribution in [2.75, 3.05) is 86.5 Å². The Morgan fingerprint density at radius 1 is 0.627 bits per heavy atom. The molecule has 7 aliphatic rings. The molecule has 4 saturated heterocycles. The summed E-state index contributed by atoms with van der Waals surface area (Å²) in [6.07, 6.45) is 1.57. The van der Waals surface area contributed by atoms with E-state index in [4.69, 9.17) is 11.6 Å². The summed E-state index contributed by atoms with van der Waals surface area (Å²) >= 11 is 6.40. The monoisotopic (exact) mass is 1480 g/mol. The number of likely N-dealkylation sites (N-methyl/N-ethyl adjacent to an activating group) is 6. The number of hydrogen-bond donors (Lipinski definition) is 3. The second-order valence-electron chi connectivity index (χ2n) is 31.1. The molecule has 0 aromatic rings. The van der Waals surface area contributed by atoms with E-state index in [9.17, 15) is 50.4 Å². The van der Waals surface area contributed by atoms with E-state index < -0.39 is 183 Å². The summed E-state index contributed by atoms with van der Waals surface area (Å²) in [5.74, 6) is -12.6. The highest BCUT2D eigenvalue weighted by Crippen LogP contribution is 2.44. The fourth-order valence-corrected chi connectivity index (χ4v) is 18.0. The van der Waals surface area contributed by atoms with Crippen molar-refractivity contribution >= 4 is 92.3 Å². The Balaban J connectivity index is 1.28. The second-order valence-corrected chi connectivity index (χ2v) is 34.0. The van der Waals surface area contributed by atoms with Crippen molar-refractivity contribution in [2.24, 2.45) is 35.5 Å². The number of carbonyl (C=O) groups excluding carboxylic acids is 12. The Morgan fingerprint density at radius 2 is 1.25 bits per heavy atom. The molecule has 7 rings (SSSR count). The van der Waals surface area contributed by atoms with Crippen molar-refractivity contribution < 1.29 is 79.1 Å². The van der Waals surface area contributed by atoms with Gasteiger partial charge in [0.05, 0.1) is 30.4 Å². The van der Waals surface area contributed by atoms with Gasteiger partial charge in [-0.15, -0.1) is 11.6 Å². The molecule has 0 aromatic heterocycles. The van der Waals surface area contributed by atoms with Crippen molar-refractivity contribution in [3.63, 3.8) is 0 Å². The van der Waals surface area contributed by atoms with Crippen LogP contribution < -0.4 is 16.0 Å². The number of fused-ring (bicyclic) bond motifs is 2. The fraction of sp³-hybridized carbons (Fsp3) is 0.831. The van der Waals surface area contributed by atoms with E-state index in [1.807, 2.05) is 20.8 Å². The van der Waals surface area contributed by atoms with Gasteiger partial charge in [-0.05, 0) is 114 Å². The lowest BCUT2D eigenvalue weighted by atomic mass is 9.78. The van der Waals surface area contributed by atoms with E-state index in [1.165, 1.54) is 78.6 Å². The molecular weight excluding hydrogens is 1370 g/mol. The van der Waals surface area contributed by atoms with Crippen LogP contribution in [0.3, 0.4) is 0 Å². The number of hydrogen-bond acceptors (Lipinski definition) is 14. The van der Waals surface area contributed by atoms with E-state index in [1.54, 1.807) is 20.8 Å². The fourth-order valence-electron chi connectivity index (χ4n) is 16.3. The van der Waals surface area contributed by atoms with Crippen LogP contribution in [-0.4, -0.2) is 281 Å². The Labute approximate surface area is 605 Å². The Morgan fingerprint density at radius 3 is 1.82 bits per heavy atom. The summed E-state index contributed by atoms with van der Waals surface area (Å²) in [7, 11) is 4.81. The summed E-state index contributed by atoms with van der Waals surface area (Å²) in [6.45, 7) is 11.1. The molecule has 13 atom stereocenters. The molecule has 7 fully saturated rings. The largest absolute Gasteiger partial charge is 0.393 e. The lowest BCUT2D eigenvalue weighted by molar-refractivity contribution is -0.182. The van der Waals surface area contributed by atoms with Crippen LogP contribution in [0.15, 0.2) is 0 Å². The molecule has 0 radical (unpaired) electrons. The minimum Gasteiger partial charge on any atom is -0.343 e. The lowest BCUT2D eigenvalue weighted by Crippen LogP contribution is -2.65. The van der Waals surface area contributed by atoms with Crippen LogP contribution in [0.5, 0.6) is 0 Å². The molecule has 0 bridgehead atoms. The summed E-state index contributed by atoms with van der Waals surface area (Å²) < 4.78 is 67.5. The van der Waals surface area contributed by atoms with Gasteiger partial charge in [-0.2, -0.15) is 13.2 Å². The number of nitrogens with zero attached hydrogens (tertiary/aromatic N) is 9. The van der Waals surface area contributed by atoms with E-state index in [0.29, 0.717) is 25.7 Å². The van der Waals surface area contributed by atoms with Gasteiger partial charge < -0.3 is 60.0 Å². The molecule has 3 saturated carbocycles. The van der Waals surface area contributed by atoms with Crippen molar-refractivity contribution in [1.82, 2.24) is 60.0 Å². The average Bonchev–Trinajstić information content (AvgIpc) is 1.17. The van der Waals surface area contributed by atoms with E-state index in [0.717, 1.165) is 46.8 Å². The third-order valence-corrected chi connectivity index (χ3v) is 25.4. The molecule has 3 unspecified atom stereocenters. The first kappa shape index (κ1) is 82.9. The zero-order chi connectivity index (χ0) is 75.8. The van der Waals surface area contributed by atoms with Crippen LogP contribution >= 0.6 is 11.6 Å². The third-order valence-electron chi connectivity index (χ3n) is 23.3. The van der Waals surface area contributed by atoms with Crippen molar-refractivity contribution in [3.05, 3.63) is 0 Å². The molecule has 1 spiro atoms. The molecule has 31 heteroatoms. The molecule has 26 nitrogen and oxygen atoms in total. The van der Waals surface area contributed by atoms with Crippen molar-refractivity contribution in [1.29, 1.82) is 0 Å². The standard InChI is InChI=1S/C71H114ClF3N12O14S/c1-14-44(6)58-67(97)80(9)45(7)62(92)87-32-28-52(87)65(95)82(11)54(39-46-21-16-15-17-22-46)64(94)79(8)41-56(88)76-50(27-25-47-24-26-48(49(72)38-47)71(73,74)75)63(93)86-31-20-23-51(86)61(91)78-70(29-18-19-30-70)69(99)84(13)59(43(4)5)68(98)83(12)55(66(96)85-33-35-102(100,101)36-34-85)40-57(89)81(10)53(37-42(2)3)60(90)77-58/h42-55,58-59H,14-41H2,1-13H3,(H,76,88)(H,77,90)(H,78,91)/t44-,45-,47?,48?,49?,50-,51-,52-,53-,54-,55-,58-,59-/m0/s1. The number of rotatable bonds is 11. The van der Waals surface area contributed by atoms with Gasteiger partial charge in [-0.3, -0.25) is 57.5 Å². The predicted octanol–water partition coefficient (Wildman–Crippen LogP) is 4.34. The molecule has 576 valence electrons. The maximum Gasteiger partial charge on any atom is 0.393 e. The average molecular weight is 1480 g/mol. The first-order valence-electron chi connectivity index (χ1n) is 37.1. The predicted molar refractivity (Wildman–Crippen MR) is 375 cm³/mol. The maximum absolute atomic E-state index is 15.5. The van der Waals surface area contributed by atoms with Crippen molar-refractivity contribution in [2.45, 2.75) is 255 Å². The van der Waals surface area contributed by atoms with Gasteiger partial charge in [-0.1, -0.05) is 92.9 Å². The zero-order valence-electron chi connectivity index (χ0n) is 62.2. The highest BCUT2D eigenvalue weighted by Gasteiger charge is 2.53. The minimum absolute atomic E-state index is 0.0185. The quantitative estimate of drug-likeness (QED) is 0.243. The summed E-state index contributed by atoms with van der Waals surface area (Å²) in [4.78, 5) is 191. The van der Waals surface area contributed by atoms with E-state index >= 15 is 28.8 Å². The van der Waals surface area contributed by atoms with Gasteiger partial charge in [0.15, 0.2) is 9.84 Å². The summed E-state index contributed by atoms with van der Waals surface area (Å²) in [5.41, 5.74) is -1.63. The van der Waals surface area contributed by atoms with Gasteiger partial charge >= 0.3 is 6.18 Å². The normalized spacial score (nSPS) is 31.1. The Kier molecular flexibility index (Phi) is 28.6. The van der Waals surface area contributed by atoms with Gasteiger partial charge in [0, 0.05) is 73.8 Å². The highest BCUT2D eigenvalue weighted by atomic mass is 35.5. The first-order chi connectivity index (χ1) is 47.8. The molecule has 12 amide bonds. The van der Waals surface area contributed by atoms with Gasteiger partial charge in [0.1, 0.15) is 59.9 Å². The van der Waals surface area contributed by atoms with Crippen LogP contribution in [0.1, 0.15) is 183 Å². The number of alkyl halides is 4. The molecule has 3 N–H and O–H groups in total. The van der Waals surface area contributed by atoms with Gasteiger partial charge in [0.25, 0.3) is 0 Å². The Hall–Kier alpha value is -6.33. The Bertz CT molecular complexity index is 3180. The van der Waals surface area contributed by atoms with Gasteiger partial charge in [-0.25, -0.2) is 8.42 Å². The number of amides is 12. The number of nitrogens with one attached hydrogen (secondary N) is 3. The van der Waals surface area contributed by atoms with Crippen LogP contribution in [-0.2, 0) is 67.4 Å². The lowest BCUT2D eigenvalue weighted by Gasteiger charge is -2.45.